The van der Waals surface area contributed by atoms with E-state index in [-0.39, 0.29) is 11.8 Å². The highest BCUT2D eigenvalue weighted by Gasteiger charge is 2.37. The molecule has 5 heterocycles. The van der Waals surface area contributed by atoms with E-state index in [4.69, 9.17) is 0 Å². The Labute approximate surface area is 203 Å². The highest BCUT2D eigenvalue weighted by atomic mass is 16.2. The fourth-order valence-electron chi connectivity index (χ4n) is 5.06. The maximum atomic E-state index is 12.9. The van der Waals surface area contributed by atoms with Gasteiger partial charge in [-0.05, 0) is 25.0 Å². The van der Waals surface area contributed by atoms with Crippen LogP contribution in [0.5, 0.6) is 0 Å². The maximum Gasteiger partial charge on any atom is 0.272 e. The van der Waals surface area contributed by atoms with E-state index in [1.807, 2.05) is 37.2 Å². The lowest BCUT2D eigenvalue weighted by Crippen LogP contribution is -2.55. The Hall–Kier alpha value is -3.66. The molecule has 2 aliphatic rings. The summed E-state index contributed by atoms with van der Waals surface area (Å²) in [5.41, 5.74) is 3.25. The molecule has 1 saturated heterocycles. The van der Waals surface area contributed by atoms with Crippen LogP contribution in [0.15, 0.2) is 43.2 Å². The van der Waals surface area contributed by atoms with E-state index in [0.29, 0.717) is 23.6 Å². The second-order valence-corrected chi connectivity index (χ2v) is 9.73. The summed E-state index contributed by atoms with van der Waals surface area (Å²) in [6, 6.07) is 4.65. The van der Waals surface area contributed by atoms with Gasteiger partial charge in [-0.15, -0.1) is 0 Å². The number of nitrogens with one attached hydrogen (secondary N) is 1. The summed E-state index contributed by atoms with van der Waals surface area (Å²) in [5, 5.41) is 5.64. The summed E-state index contributed by atoms with van der Waals surface area (Å²) in [6.07, 6.45) is 11.3. The van der Waals surface area contributed by atoms with Crippen molar-refractivity contribution in [3.63, 3.8) is 0 Å². The van der Waals surface area contributed by atoms with Crippen molar-refractivity contribution in [1.29, 1.82) is 0 Å². The molecule has 0 aromatic carbocycles. The lowest BCUT2D eigenvalue weighted by molar-refractivity contribution is 0.0291. The summed E-state index contributed by atoms with van der Waals surface area (Å²) in [4.78, 5) is 38.0. The summed E-state index contributed by atoms with van der Waals surface area (Å²) in [5.74, 6) is 0.924. The third-order valence-electron chi connectivity index (χ3n) is 7.22. The van der Waals surface area contributed by atoms with Gasteiger partial charge in [-0.2, -0.15) is 5.10 Å². The monoisotopic (exact) mass is 471 g/mol. The second-order valence-electron chi connectivity index (χ2n) is 9.73. The van der Waals surface area contributed by atoms with Crippen LogP contribution < -0.4 is 0 Å². The van der Waals surface area contributed by atoms with Crippen molar-refractivity contribution in [3.8, 4) is 11.3 Å². The Bertz CT molecular complexity index is 1350. The number of carbonyl (C=O) groups is 1. The van der Waals surface area contributed by atoms with E-state index >= 15 is 0 Å². The zero-order valence-electron chi connectivity index (χ0n) is 20.0. The minimum absolute atomic E-state index is 0.00533. The number of nitrogens with zero attached hydrogens (tertiary/aromatic N) is 8. The average molecular weight is 472 g/mol. The van der Waals surface area contributed by atoms with Crippen molar-refractivity contribution in [2.75, 3.05) is 26.2 Å². The first kappa shape index (κ1) is 21.8. The smallest absolute Gasteiger partial charge is 0.272 e. The lowest BCUT2D eigenvalue weighted by Gasteiger charge is -2.46. The molecule has 1 aliphatic heterocycles. The van der Waals surface area contributed by atoms with Gasteiger partial charge in [0.2, 0.25) is 0 Å². The largest absolute Gasteiger partial charge is 0.346 e. The van der Waals surface area contributed by atoms with Crippen molar-refractivity contribution in [1.82, 2.24) is 44.5 Å². The highest BCUT2D eigenvalue weighted by Crippen LogP contribution is 2.37. The minimum atomic E-state index is 0.00533. The molecule has 10 heteroatoms. The predicted molar refractivity (Wildman–Crippen MR) is 131 cm³/mol. The molecule has 1 N–H and O–H groups in total. The first-order valence-electron chi connectivity index (χ1n) is 12.3. The van der Waals surface area contributed by atoms with Gasteiger partial charge in [0.25, 0.3) is 5.91 Å². The highest BCUT2D eigenvalue weighted by molar-refractivity contribution is 5.92. The van der Waals surface area contributed by atoms with Crippen LogP contribution >= 0.6 is 0 Å². The van der Waals surface area contributed by atoms with Crippen LogP contribution in [-0.2, 0) is 0 Å². The van der Waals surface area contributed by atoms with Crippen LogP contribution in [0, 0.1) is 0 Å². The predicted octanol–water partition coefficient (Wildman–Crippen LogP) is 2.90. The number of carbonyl (C=O) groups excluding carboxylic acids is 1. The van der Waals surface area contributed by atoms with Crippen molar-refractivity contribution in [3.05, 3.63) is 54.8 Å². The van der Waals surface area contributed by atoms with Crippen molar-refractivity contribution in [2.24, 2.45) is 0 Å². The first-order valence-corrected chi connectivity index (χ1v) is 12.3. The van der Waals surface area contributed by atoms with Crippen molar-refractivity contribution >= 4 is 16.9 Å². The maximum absolute atomic E-state index is 12.9. The number of hydrogen-bond acceptors (Lipinski definition) is 7. The molecule has 35 heavy (non-hydrogen) atoms. The number of amides is 1. The molecule has 1 saturated carbocycles. The first-order chi connectivity index (χ1) is 17.1. The van der Waals surface area contributed by atoms with Gasteiger partial charge in [-0.3, -0.25) is 14.4 Å². The lowest BCUT2D eigenvalue weighted by atomic mass is 9.85. The van der Waals surface area contributed by atoms with E-state index in [0.717, 1.165) is 61.3 Å². The molecule has 0 radical (unpaired) electrons. The third-order valence-corrected chi connectivity index (χ3v) is 7.22. The standard InChI is InChI=1S/C25H29N9O/c1-16(2)23-26-6-4-21(31-23)25(35)33-9-7-32(8-10-33)18-11-19(12-18)34-14-17(13-30-34)22-20-3-5-27-24(20)29-15-28-22/h3-6,13-16,18-19H,7-12H2,1-2H3,(H,27,28,29). The van der Waals surface area contributed by atoms with Gasteiger partial charge in [0, 0.05) is 67.7 Å². The fraction of sp³-hybridized carbons (Fsp3) is 0.440. The van der Waals surface area contributed by atoms with E-state index in [9.17, 15) is 4.79 Å². The van der Waals surface area contributed by atoms with Crippen molar-refractivity contribution < 1.29 is 4.79 Å². The Kier molecular flexibility index (Phi) is 5.52. The van der Waals surface area contributed by atoms with Gasteiger partial charge in [-0.25, -0.2) is 19.9 Å². The van der Waals surface area contributed by atoms with Crippen LogP contribution in [-0.4, -0.2) is 82.6 Å². The molecule has 10 nitrogen and oxygen atoms in total. The molecule has 1 amide bonds. The van der Waals surface area contributed by atoms with Gasteiger partial charge < -0.3 is 9.88 Å². The normalized spacial score (nSPS) is 20.9. The second kappa shape index (κ2) is 8.84. The number of rotatable bonds is 5. The van der Waals surface area contributed by atoms with E-state index in [1.165, 1.54) is 0 Å². The van der Waals surface area contributed by atoms with Crippen molar-refractivity contribution in [2.45, 2.75) is 44.7 Å². The van der Waals surface area contributed by atoms with E-state index < -0.39 is 0 Å². The van der Waals surface area contributed by atoms with Crippen LogP contribution in [0.25, 0.3) is 22.3 Å². The van der Waals surface area contributed by atoms with E-state index in [2.05, 4.69) is 45.8 Å². The molecule has 6 rings (SSSR count). The molecule has 4 aromatic heterocycles. The van der Waals surface area contributed by atoms with Gasteiger partial charge in [0.1, 0.15) is 23.5 Å². The molecular formula is C25H29N9O. The number of hydrogen-bond donors (Lipinski definition) is 1. The summed E-state index contributed by atoms with van der Waals surface area (Å²) < 4.78 is 2.08. The fourth-order valence-corrected chi connectivity index (χ4v) is 5.06. The molecule has 0 spiro atoms. The Morgan fingerprint density at radius 1 is 1.06 bits per heavy atom. The third kappa shape index (κ3) is 4.07. The zero-order chi connectivity index (χ0) is 23.9. The van der Waals surface area contributed by atoms with Gasteiger partial charge in [-0.1, -0.05) is 13.8 Å². The minimum Gasteiger partial charge on any atom is -0.346 e. The van der Waals surface area contributed by atoms with Crippen LogP contribution in [0.4, 0.5) is 0 Å². The average Bonchev–Trinajstić information content (AvgIpc) is 3.53. The topological polar surface area (TPSA) is 109 Å². The Balaban J connectivity index is 1.04. The Morgan fingerprint density at radius 2 is 1.89 bits per heavy atom. The number of aromatic amines is 1. The van der Waals surface area contributed by atoms with Gasteiger partial charge in [0.05, 0.1) is 17.9 Å². The van der Waals surface area contributed by atoms with Gasteiger partial charge in [0.15, 0.2) is 0 Å². The number of aromatic nitrogens is 7. The molecule has 2 fully saturated rings. The SMILES string of the molecule is CC(C)c1nccc(C(=O)N2CCN(C3CC(n4cc(-c5ncnc6[nH]ccc56)cn4)C3)CC2)n1. The van der Waals surface area contributed by atoms with Crippen LogP contribution in [0.2, 0.25) is 0 Å². The molecular weight excluding hydrogens is 442 g/mol. The molecule has 0 atom stereocenters. The molecule has 180 valence electrons. The molecule has 4 aromatic rings. The molecule has 0 unspecified atom stereocenters. The zero-order valence-corrected chi connectivity index (χ0v) is 20.0. The molecule has 0 bridgehead atoms. The number of H-pyrrole nitrogens is 1. The number of piperazine rings is 1. The molecule has 1 aliphatic carbocycles. The summed E-state index contributed by atoms with van der Waals surface area (Å²) in [7, 11) is 0. The summed E-state index contributed by atoms with van der Waals surface area (Å²) in [6.45, 7) is 7.31. The van der Waals surface area contributed by atoms with Gasteiger partial charge >= 0.3 is 0 Å². The van der Waals surface area contributed by atoms with Crippen LogP contribution in [0.1, 0.15) is 55.0 Å². The Morgan fingerprint density at radius 3 is 2.69 bits per heavy atom. The van der Waals surface area contributed by atoms with Crippen LogP contribution in [0.3, 0.4) is 0 Å². The summed E-state index contributed by atoms with van der Waals surface area (Å²) >= 11 is 0. The van der Waals surface area contributed by atoms with E-state index in [1.54, 1.807) is 18.6 Å². The number of fused-ring (bicyclic) bond motifs is 1. The quantitative estimate of drug-likeness (QED) is 0.477.